The minimum atomic E-state index is -0.581. The van der Waals surface area contributed by atoms with Gasteiger partial charge in [-0.15, -0.1) is 0 Å². The predicted molar refractivity (Wildman–Crippen MR) is 91.8 cm³/mol. The summed E-state index contributed by atoms with van der Waals surface area (Å²) in [6, 6.07) is 11.4. The zero-order valence-electron chi connectivity index (χ0n) is 13.7. The van der Waals surface area contributed by atoms with E-state index in [-0.39, 0.29) is 17.0 Å². The zero-order chi connectivity index (χ0) is 17.7. The highest BCUT2D eigenvalue weighted by atomic mass is 16.5. The molecule has 4 rings (SSSR count). The molecular formula is C18H15N5O2. The molecule has 3 heterocycles. The number of nitrogens with two attached hydrogens (primary N) is 1. The molecule has 0 spiro atoms. The number of nitrogens with zero attached hydrogens (tertiary/aromatic N) is 3. The second-order valence-electron chi connectivity index (χ2n) is 5.97. The molecule has 1 aliphatic rings. The molecule has 2 aromatic heterocycles. The summed E-state index contributed by atoms with van der Waals surface area (Å²) in [5.74, 6) is -0.198. The number of nitrogens with one attached hydrogen (secondary N) is 1. The van der Waals surface area contributed by atoms with Gasteiger partial charge in [0.1, 0.15) is 17.3 Å². The maximum atomic E-state index is 12.8. The fourth-order valence-electron chi connectivity index (χ4n) is 3.40. The highest BCUT2D eigenvalue weighted by Crippen LogP contribution is 2.43. The molecule has 7 nitrogen and oxygen atoms in total. The maximum absolute atomic E-state index is 12.8. The number of fused-ring (bicyclic) bond motifs is 3. The van der Waals surface area contributed by atoms with Gasteiger partial charge in [-0.05, 0) is 12.5 Å². The third-order valence-corrected chi connectivity index (χ3v) is 4.48. The number of hydrogen-bond donors (Lipinski definition) is 2. The monoisotopic (exact) mass is 333 g/mol. The number of rotatable bonds is 1. The third kappa shape index (κ3) is 2.04. The average Bonchev–Trinajstić information content (AvgIpc) is 2.88. The standard InChI is InChI=1S/C18H15N5O2/c1-9-12-15-14(18(24)21-17(12)23(2)22-9)13(10-6-4-3-5-7-10)11(8-19)16(20)25-15/h3-7,13H,20H2,1-2H3,(H,21,24). The smallest absolute Gasteiger partial charge is 0.257 e. The van der Waals surface area contributed by atoms with Crippen molar-refractivity contribution in [1.29, 1.82) is 5.26 Å². The topological polar surface area (TPSA) is 110 Å². The second-order valence-corrected chi connectivity index (χ2v) is 5.97. The number of allylic oxidation sites excluding steroid dienone is 1. The van der Waals surface area contributed by atoms with E-state index in [1.54, 1.807) is 11.7 Å². The molecule has 124 valence electrons. The van der Waals surface area contributed by atoms with Crippen LogP contribution in [-0.2, 0) is 7.05 Å². The van der Waals surface area contributed by atoms with E-state index in [1.165, 1.54) is 0 Å². The number of benzene rings is 1. The summed E-state index contributed by atoms with van der Waals surface area (Å²) in [7, 11) is 1.75. The first-order valence-electron chi connectivity index (χ1n) is 7.75. The number of nitriles is 1. The molecular weight excluding hydrogens is 318 g/mol. The van der Waals surface area contributed by atoms with Crippen molar-refractivity contribution in [2.45, 2.75) is 12.8 Å². The Bertz CT molecular complexity index is 1130. The van der Waals surface area contributed by atoms with Gasteiger partial charge in [0.05, 0.1) is 22.6 Å². The molecule has 0 aliphatic carbocycles. The number of aromatic nitrogens is 3. The van der Waals surface area contributed by atoms with E-state index < -0.39 is 5.92 Å². The lowest BCUT2D eigenvalue weighted by Gasteiger charge is -2.26. The first kappa shape index (κ1) is 15.0. The van der Waals surface area contributed by atoms with Crippen LogP contribution in [0, 0.1) is 18.3 Å². The minimum Gasteiger partial charge on any atom is -0.439 e. The summed E-state index contributed by atoms with van der Waals surface area (Å²) in [6.07, 6.45) is 0. The van der Waals surface area contributed by atoms with Crippen LogP contribution in [0.15, 0.2) is 46.6 Å². The highest BCUT2D eigenvalue weighted by molar-refractivity contribution is 5.87. The van der Waals surface area contributed by atoms with Crippen molar-refractivity contribution in [1.82, 2.24) is 14.8 Å². The maximum Gasteiger partial charge on any atom is 0.257 e. The van der Waals surface area contributed by atoms with Crippen LogP contribution in [0.5, 0.6) is 5.75 Å². The number of ether oxygens (including phenoxy) is 1. The summed E-state index contributed by atoms with van der Waals surface area (Å²) in [4.78, 5) is 15.7. The van der Waals surface area contributed by atoms with Gasteiger partial charge in [-0.3, -0.25) is 9.48 Å². The fraction of sp³-hybridized carbons (Fsp3) is 0.167. The minimum absolute atomic E-state index is 0.0130. The highest BCUT2D eigenvalue weighted by Gasteiger charge is 2.35. The SMILES string of the molecule is Cc1nn(C)c2[nH]c(=O)c3c(c12)OC(N)=C(C#N)C3c1ccccc1. The van der Waals surface area contributed by atoms with Crippen molar-refractivity contribution in [2.24, 2.45) is 12.8 Å². The fourth-order valence-corrected chi connectivity index (χ4v) is 3.40. The normalized spacial score (nSPS) is 16.4. The molecule has 1 unspecified atom stereocenters. The van der Waals surface area contributed by atoms with Crippen molar-refractivity contribution >= 4 is 11.0 Å². The Labute approximate surface area is 142 Å². The van der Waals surface area contributed by atoms with Crippen LogP contribution in [0.3, 0.4) is 0 Å². The van der Waals surface area contributed by atoms with Gasteiger partial charge in [0.2, 0.25) is 5.88 Å². The van der Waals surface area contributed by atoms with Gasteiger partial charge in [0.15, 0.2) is 5.75 Å². The van der Waals surface area contributed by atoms with Gasteiger partial charge < -0.3 is 15.5 Å². The van der Waals surface area contributed by atoms with Gasteiger partial charge in [0, 0.05) is 7.05 Å². The molecule has 25 heavy (non-hydrogen) atoms. The molecule has 1 aromatic carbocycles. The average molecular weight is 333 g/mol. The van der Waals surface area contributed by atoms with Crippen molar-refractivity contribution in [2.75, 3.05) is 0 Å². The number of hydrogen-bond acceptors (Lipinski definition) is 5. The van der Waals surface area contributed by atoms with Gasteiger partial charge in [-0.2, -0.15) is 10.4 Å². The molecule has 3 N–H and O–H groups in total. The van der Waals surface area contributed by atoms with Crippen LogP contribution in [-0.4, -0.2) is 14.8 Å². The third-order valence-electron chi connectivity index (χ3n) is 4.48. The molecule has 0 amide bonds. The van der Waals surface area contributed by atoms with E-state index in [0.717, 1.165) is 5.56 Å². The van der Waals surface area contributed by atoms with E-state index in [1.807, 2.05) is 37.3 Å². The predicted octanol–water partition coefficient (Wildman–Crippen LogP) is 1.79. The van der Waals surface area contributed by atoms with Gasteiger partial charge in [-0.1, -0.05) is 30.3 Å². The van der Waals surface area contributed by atoms with Crippen molar-refractivity contribution < 1.29 is 4.74 Å². The number of aromatic amines is 1. The lowest BCUT2D eigenvalue weighted by molar-refractivity contribution is 0.396. The molecule has 0 saturated heterocycles. The Morgan fingerprint density at radius 2 is 2.08 bits per heavy atom. The Morgan fingerprint density at radius 3 is 2.76 bits per heavy atom. The van der Waals surface area contributed by atoms with Gasteiger partial charge in [0.25, 0.3) is 5.56 Å². The summed E-state index contributed by atoms with van der Waals surface area (Å²) >= 11 is 0. The van der Waals surface area contributed by atoms with E-state index in [9.17, 15) is 10.1 Å². The van der Waals surface area contributed by atoms with Gasteiger partial charge in [-0.25, -0.2) is 0 Å². The first-order valence-corrected chi connectivity index (χ1v) is 7.75. The van der Waals surface area contributed by atoms with E-state index in [2.05, 4.69) is 16.2 Å². The molecule has 1 atom stereocenters. The van der Waals surface area contributed by atoms with E-state index in [0.29, 0.717) is 28.0 Å². The molecule has 0 bridgehead atoms. The van der Waals surface area contributed by atoms with Crippen molar-refractivity contribution in [3.63, 3.8) is 0 Å². The summed E-state index contributed by atoms with van der Waals surface area (Å²) in [6.45, 7) is 1.83. The Balaban J connectivity index is 2.13. The van der Waals surface area contributed by atoms with Gasteiger partial charge >= 0.3 is 0 Å². The van der Waals surface area contributed by atoms with Crippen LogP contribution in [0.25, 0.3) is 11.0 Å². The lowest BCUT2D eigenvalue weighted by Crippen LogP contribution is -2.28. The van der Waals surface area contributed by atoms with Crippen molar-refractivity contribution in [3.05, 3.63) is 69.0 Å². The van der Waals surface area contributed by atoms with Crippen LogP contribution in [0.1, 0.15) is 22.7 Å². The molecule has 0 saturated carbocycles. The molecule has 3 aromatic rings. The summed E-state index contributed by atoms with van der Waals surface area (Å²) < 4.78 is 7.33. The van der Waals surface area contributed by atoms with Crippen molar-refractivity contribution in [3.8, 4) is 11.8 Å². The Morgan fingerprint density at radius 1 is 1.36 bits per heavy atom. The first-order chi connectivity index (χ1) is 12.0. The largest absolute Gasteiger partial charge is 0.439 e. The molecule has 0 radical (unpaired) electrons. The quantitative estimate of drug-likeness (QED) is 0.705. The Kier molecular flexibility index (Phi) is 3.15. The van der Waals surface area contributed by atoms with Crippen LogP contribution in [0.2, 0.25) is 0 Å². The van der Waals surface area contributed by atoms with Crippen LogP contribution >= 0.6 is 0 Å². The number of pyridine rings is 1. The summed E-state index contributed by atoms with van der Waals surface area (Å²) in [5.41, 5.74) is 8.38. The number of H-pyrrole nitrogens is 1. The lowest BCUT2D eigenvalue weighted by atomic mass is 9.83. The van der Waals surface area contributed by atoms with Crippen LogP contribution < -0.4 is 16.0 Å². The van der Waals surface area contributed by atoms with Crippen LogP contribution in [0.4, 0.5) is 0 Å². The zero-order valence-corrected chi connectivity index (χ0v) is 13.7. The summed E-state index contributed by atoms with van der Waals surface area (Å²) in [5, 5.41) is 14.6. The molecule has 0 fully saturated rings. The number of aryl methyl sites for hydroxylation is 2. The second kappa shape index (κ2) is 5.24. The molecule has 1 aliphatic heterocycles. The Hall–Kier alpha value is -3.53. The van der Waals surface area contributed by atoms with E-state index >= 15 is 0 Å². The van der Waals surface area contributed by atoms with E-state index in [4.69, 9.17) is 10.5 Å². The molecule has 7 heteroatoms.